The van der Waals surface area contributed by atoms with E-state index < -0.39 is 10.0 Å². The van der Waals surface area contributed by atoms with Crippen molar-refractivity contribution in [2.75, 3.05) is 59.4 Å². The predicted octanol–water partition coefficient (Wildman–Crippen LogP) is 0.771. The largest absolute Gasteiger partial charge is 0.342 e. The van der Waals surface area contributed by atoms with E-state index in [1.54, 1.807) is 21.2 Å². The SMILES string of the molecule is CCN(CC)C(=O)CN1CCCN(C(=O)CN(C)S(=O)(=O)c2cccs2)CC1. The Labute approximate surface area is 171 Å². The topological polar surface area (TPSA) is 81.2 Å². The number of sulfonamides is 1. The molecule has 0 atom stereocenters. The van der Waals surface area contributed by atoms with Crippen molar-refractivity contribution < 1.29 is 18.0 Å². The zero-order valence-corrected chi connectivity index (χ0v) is 18.5. The number of likely N-dealkylation sites (N-methyl/N-ethyl adjacent to an activating group) is 2. The molecule has 1 saturated heterocycles. The van der Waals surface area contributed by atoms with Crippen LogP contribution in [0, 0.1) is 0 Å². The van der Waals surface area contributed by atoms with Crippen LogP contribution in [0.3, 0.4) is 0 Å². The van der Waals surface area contributed by atoms with Gasteiger partial charge in [-0.2, -0.15) is 4.31 Å². The summed E-state index contributed by atoms with van der Waals surface area (Å²) in [6.07, 6.45) is 0.763. The summed E-state index contributed by atoms with van der Waals surface area (Å²) in [5.41, 5.74) is 0. The Balaban J connectivity index is 1.89. The molecule has 0 N–H and O–H groups in total. The van der Waals surface area contributed by atoms with Crippen molar-refractivity contribution in [2.45, 2.75) is 24.5 Å². The first-order valence-electron chi connectivity index (χ1n) is 9.57. The van der Waals surface area contributed by atoms with E-state index in [0.29, 0.717) is 39.3 Å². The van der Waals surface area contributed by atoms with Gasteiger partial charge in [-0.3, -0.25) is 14.5 Å². The van der Waals surface area contributed by atoms with E-state index in [1.165, 1.54) is 13.1 Å². The highest BCUT2D eigenvalue weighted by Crippen LogP contribution is 2.19. The fourth-order valence-electron chi connectivity index (χ4n) is 3.19. The van der Waals surface area contributed by atoms with Crippen LogP contribution in [0.4, 0.5) is 0 Å². The van der Waals surface area contributed by atoms with Crippen molar-refractivity contribution in [2.24, 2.45) is 0 Å². The summed E-state index contributed by atoms with van der Waals surface area (Å²) < 4.78 is 26.3. The maximum Gasteiger partial charge on any atom is 0.252 e. The molecule has 2 amide bonds. The molecule has 0 unspecified atom stereocenters. The summed E-state index contributed by atoms with van der Waals surface area (Å²) in [6.45, 7) is 7.92. The highest BCUT2D eigenvalue weighted by molar-refractivity contribution is 7.91. The molecule has 0 radical (unpaired) electrons. The average molecular weight is 431 g/mol. The van der Waals surface area contributed by atoms with Crippen molar-refractivity contribution in [1.82, 2.24) is 19.0 Å². The van der Waals surface area contributed by atoms with Crippen molar-refractivity contribution in [3.63, 3.8) is 0 Å². The van der Waals surface area contributed by atoms with Crippen LogP contribution in [0.15, 0.2) is 21.7 Å². The highest BCUT2D eigenvalue weighted by Gasteiger charge is 2.27. The molecule has 28 heavy (non-hydrogen) atoms. The number of carbonyl (C=O) groups is 2. The highest BCUT2D eigenvalue weighted by atomic mass is 32.2. The van der Waals surface area contributed by atoms with Crippen molar-refractivity contribution in [3.8, 4) is 0 Å². The van der Waals surface area contributed by atoms with Gasteiger partial charge in [0.25, 0.3) is 10.0 Å². The normalized spacial score (nSPS) is 16.2. The van der Waals surface area contributed by atoms with Gasteiger partial charge in [-0.25, -0.2) is 8.42 Å². The van der Waals surface area contributed by atoms with E-state index in [2.05, 4.69) is 4.90 Å². The summed E-state index contributed by atoms with van der Waals surface area (Å²) in [6, 6.07) is 3.22. The van der Waals surface area contributed by atoms with Crippen molar-refractivity contribution in [1.29, 1.82) is 0 Å². The van der Waals surface area contributed by atoms with Crippen LogP contribution in [-0.4, -0.2) is 98.6 Å². The molecule has 0 spiro atoms. The Morgan fingerprint density at radius 3 is 2.46 bits per heavy atom. The molecular formula is C18H30N4O4S2. The number of nitrogens with zero attached hydrogens (tertiary/aromatic N) is 4. The predicted molar refractivity (Wildman–Crippen MR) is 110 cm³/mol. The number of carbonyl (C=O) groups excluding carboxylic acids is 2. The average Bonchev–Trinajstić information content (AvgIpc) is 3.11. The molecule has 10 heteroatoms. The summed E-state index contributed by atoms with van der Waals surface area (Å²) in [4.78, 5) is 30.5. The van der Waals surface area contributed by atoms with E-state index in [9.17, 15) is 18.0 Å². The Kier molecular flexibility index (Phi) is 8.41. The number of hydrogen-bond donors (Lipinski definition) is 0. The molecule has 1 fully saturated rings. The third-order valence-electron chi connectivity index (χ3n) is 4.93. The van der Waals surface area contributed by atoms with Crippen LogP contribution >= 0.6 is 11.3 Å². The van der Waals surface area contributed by atoms with Gasteiger partial charge in [0.15, 0.2) is 0 Å². The molecule has 8 nitrogen and oxygen atoms in total. The van der Waals surface area contributed by atoms with Crippen LogP contribution < -0.4 is 0 Å². The van der Waals surface area contributed by atoms with E-state index in [-0.39, 0.29) is 22.6 Å². The molecule has 0 aliphatic carbocycles. The molecule has 1 aromatic heterocycles. The number of hydrogen-bond acceptors (Lipinski definition) is 6. The molecule has 2 rings (SSSR count). The second-order valence-corrected chi connectivity index (χ2v) is 9.99. The number of rotatable bonds is 8. The van der Waals surface area contributed by atoms with E-state index in [0.717, 1.165) is 28.6 Å². The fraction of sp³-hybridized carbons (Fsp3) is 0.667. The zero-order chi connectivity index (χ0) is 20.7. The molecule has 1 aliphatic rings. The molecule has 2 heterocycles. The van der Waals surface area contributed by atoms with Crippen LogP contribution in [0.1, 0.15) is 20.3 Å². The fourth-order valence-corrected chi connectivity index (χ4v) is 5.51. The second kappa shape index (κ2) is 10.3. The quantitative estimate of drug-likeness (QED) is 0.609. The van der Waals surface area contributed by atoms with Crippen LogP contribution in [0.5, 0.6) is 0 Å². The Hall–Kier alpha value is -1.49. The monoisotopic (exact) mass is 430 g/mol. The minimum absolute atomic E-state index is 0.103. The zero-order valence-electron chi connectivity index (χ0n) is 16.8. The lowest BCUT2D eigenvalue weighted by atomic mass is 10.3. The molecule has 0 saturated carbocycles. The maximum atomic E-state index is 12.6. The Bertz CT molecular complexity index is 748. The molecule has 0 aromatic carbocycles. The van der Waals surface area contributed by atoms with Crippen LogP contribution in [0.25, 0.3) is 0 Å². The first-order valence-corrected chi connectivity index (χ1v) is 11.9. The Morgan fingerprint density at radius 1 is 1.14 bits per heavy atom. The van der Waals surface area contributed by atoms with E-state index in [4.69, 9.17) is 0 Å². The van der Waals surface area contributed by atoms with Crippen molar-refractivity contribution >= 4 is 33.2 Å². The third kappa shape index (κ3) is 5.76. The smallest absolute Gasteiger partial charge is 0.252 e. The maximum absolute atomic E-state index is 12.6. The summed E-state index contributed by atoms with van der Waals surface area (Å²) >= 11 is 1.14. The lowest BCUT2D eigenvalue weighted by Gasteiger charge is -2.25. The van der Waals surface area contributed by atoms with Gasteiger partial charge in [0.1, 0.15) is 4.21 Å². The minimum Gasteiger partial charge on any atom is -0.342 e. The van der Waals surface area contributed by atoms with Gasteiger partial charge in [-0.05, 0) is 31.7 Å². The van der Waals surface area contributed by atoms with Gasteiger partial charge in [-0.1, -0.05) is 6.07 Å². The van der Waals surface area contributed by atoms with Gasteiger partial charge in [0.2, 0.25) is 11.8 Å². The van der Waals surface area contributed by atoms with Gasteiger partial charge < -0.3 is 9.80 Å². The lowest BCUT2D eigenvalue weighted by molar-refractivity contribution is -0.132. The van der Waals surface area contributed by atoms with E-state index >= 15 is 0 Å². The first-order chi connectivity index (χ1) is 13.3. The Morgan fingerprint density at radius 2 is 1.86 bits per heavy atom. The van der Waals surface area contributed by atoms with Gasteiger partial charge in [0, 0.05) is 46.3 Å². The van der Waals surface area contributed by atoms with Crippen molar-refractivity contribution in [3.05, 3.63) is 17.5 Å². The number of amides is 2. The second-order valence-electron chi connectivity index (χ2n) is 6.77. The van der Waals surface area contributed by atoms with Crippen LogP contribution in [-0.2, 0) is 19.6 Å². The summed E-state index contributed by atoms with van der Waals surface area (Å²) in [5, 5.41) is 1.70. The van der Waals surface area contributed by atoms with Gasteiger partial charge in [0.05, 0.1) is 13.1 Å². The summed E-state index contributed by atoms with van der Waals surface area (Å²) in [5.74, 6) is -0.105. The van der Waals surface area contributed by atoms with Gasteiger partial charge >= 0.3 is 0 Å². The molecule has 158 valence electrons. The molecule has 1 aromatic rings. The minimum atomic E-state index is -3.64. The summed E-state index contributed by atoms with van der Waals surface area (Å²) in [7, 11) is -2.21. The molecule has 0 bridgehead atoms. The first kappa shape index (κ1) is 22.8. The van der Waals surface area contributed by atoms with Crippen LogP contribution in [0.2, 0.25) is 0 Å². The third-order valence-corrected chi connectivity index (χ3v) is 8.11. The number of thiophene rings is 1. The van der Waals surface area contributed by atoms with Gasteiger partial charge in [-0.15, -0.1) is 11.3 Å². The van der Waals surface area contributed by atoms with E-state index in [1.807, 2.05) is 13.8 Å². The molecular weight excluding hydrogens is 400 g/mol. The standard InChI is InChI=1S/C18H30N4O4S2/c1-4-21(5-2)17(24)15-20-9-7-10-22(12-11-20)16(23)14-19(3)28(25,26)18-8-6-13-27-18/h6,8,13H,4-5,7,9-12,14-15H2,1-3H3. The molecule has 1 aliphatic heterocycles. The lowest BCUT2D eigenvalue weighted by Crippen LogP contribution is -2.44.